The number of halogens is 3. The molecule has 0 radical (unpaired) electrons. The number of carbonyl (C=O) groups is 1. The summed E-state index contributed by atoms with van der Waals surface area (Å²) in [5.41, 5.74) is 0. The molecule has 9 heteroatoms. The molecule has 1 N–H and O–H groups in total. The molecule has 22 heavy (non-hydrogen) atoms. The molecule has 0 rings (SSSR count). The lowest BCUT2D eigenvalue weighted by molar-refractivity contribution is -0.173. The van der Waals surface area contributed by atoms with Gasteiger partial charge in [0, 0.05) is 6.54 Å². The minimum Gasteiger partial charge on any atom is -0.348 e. The van der Waals surface area contributed by atoms with Crippen molar-refractivity contribution >= 4 is 14.2 Å². The molecule has 0 fully saturated rings. The molecule has 1 unspecified atom stereocenters. The maximum absolute atomic E-state index is 11.9. The van der Waals surface area contributed by atoms with Crippen LogP contribution in [-0.4, -0.2) is 31.8 Å². The molecule has 0 heterocycles. The van der Waals surface area contributed by atoms with Crippen molar-refractivity contribution in [2.24, 2.45) is 0 Å². The summed E-state index contributed by atoms with van der Waals surface area (Å²) in [4.78, 5) is 10.5. The third-order valence-electron chi connectivity index (χ3n) is 2.80. The summed E-state index contributed by atoms with van der Waals surface area (Å²) in [5, 5.41) is 1.75. The highest BCUT2D eigenvalue weighted by Crippen LogP contribution is 2.24. The second-order valence-corrected chi connectivity index (χ2v) is 5.90. The van der Waals surface area contributed by atoms with Gasteiger partial charge in [0.15, 0.2) is 0 Å². The van der Waals surface area contributed by atoms with E-state index < -0.39 is 20.3 Å². The normalized spacial score (nSPS) is 13.1. The van der Waals surface area contributed by atoms with Crippen LogP contribution in [0.5, 0.6) is 0 Å². The van der Waals surface area contributed by atoms with Crippen LogP contribution in [0, 0.1) is 0 Å². The van der Waals surface area contributed by atoms with Gasteiger partial charge in [0.1, 0.15) is 0 Å². The van der Waals surface area contributed by atoms with Gasteiger partial charge in [0.2, 0.25) is 0 Å². The molecule has 1 amide bonds. The predicted octanol–water partition coefficient (Wildman–Crippen LogP) is 3.84. The lowest BCUT2D eigenvalue weighted by Crippen LogP contribution is -2.37. The van der Waals surface area contributed by atoms with Crippen LogP contribution >= 0.6 is 8.25 Å². The fourth-order valence-electron chi connectivity index (χ4n) is 1.59. The number of amides is 1. The predicted molar refractivity (Wildman–Crippen MR) is 78.0 cm³/mol. The highest BCUT2D eigenvalue weighted by atomic mass is 31.1. The Morgan fingerprint density at radius 1 is 1.00 bits per heavy atom. The number of alkyl halides is 3. The van der Waals surface area contributed by atoms with Crippen molar-refractivity contribution in [3.63, 3.8) is 0 Å². The van der Waals surface area contributed by atoms with Crippen LogP contribution in [0.4, 0.5) is 13.2 Å². The van der Waals surface area contributed by atoms with Gasteiger partial charge in [0.05, 0.1) is 13.2 Å². The van der Waals surface area contributed by atoms with E-state index in [0.29, 0.717) is 19.4 Å². The fourth-order valence-corrected chi connectivity index (χ4v) is 2.29. The molecule has 0 aromatic carbocycles. The van der Waals surface area contributed by atoms with Crippen molar-refractivity contribution in [1.82, 2.24) is 5.32 Å². The molecule has 0 aromatic heterocycles. The largest absolute Gasteiger partial charge is 0.471 e. The molecule has 0 aromatic rings. The van der Waals surface area contributed by atoms with Crippen LogP contribution in [0.3, 0.4) is 0 Å². The molecule has 0 saturated carbocycles. The Balaban J connectivity index is 3.37. The zero-order chi connectivity index (χ0) is 16.8. The van der Waals surface area contributed by atoms with E-state index in [2.05, 4.69) is 6.92 Å². The van der Waals surface area contributed by atoms with E-state index in [4.69, 9.17) is 9.05 Å². The molecule has 0 aliphatic carbocycles. The van der Waals surface area contributed by atoms with Gasteiger partial charge in [-0.15, -0.1) is 0 Å². The van der Waals surface area contributed by atoms with E-state index in [1.54, 1.807) is 5.32 Å². The number of hydrogen-bond donors (Lipinski definition) is 1. The Morgan fingerprint density at radius 3 is 2.09 bits per heavy atom. The number of carbonyl (C=O) groups excluding carboxylic acids is 1. The van der Waals surface area contributed by atoms with E-state index in [1.807, 2.05) is 0 Å². The van der Waals surface area contributed by atoms with Crippen LogP contribution in [0.1, 0.15) is 51.9 Å². The molecule has 5 nitrogen and oxygen atoms in total. The molecular formula is C13H25F3NO4P. The van der Waals surface area contributed by atoms with E-state index >= 15 is 0 Å². The molecule has 0 bridgehead atoms. The average Bonchev–Trinajstić information content (AvgIpc) is 2.45. The van der Waals surface area contributed by atoms with Gasteiger partial charge in [-0.3, -0.25) is 9.36 Å². The second kappa shape index (κ2) is 12.9. The quantitative estimate of drug-likeness (QED) is 0.406. The van der Waals surface area contributed by atoms with Gasteiger partial charge in [-0.2, -0.15) is 13.2 Å². The highest BCUT2D eigenvalue weighted by Gasteiger charge is 2.38. The van der Waals surface area contributed by atoms with E-state index in [1.165, 1.54) is 6.42 Å². The second-order valence-electron chi connectivity index (χ2n) is 4.82. The molecule has 132 valence electrons. The first-order valence-corrected chi connectivity index (χ1v) is 8.75. The summed E-state index contributed by atoms with van der Waals surface area (Å²) in [7, 11) is -2.53. The van der Waals surface area contributed by atoms with Crippen LogP contribution in [0.25, 0.3) is 0 Å². The number of nitrogens with one attached hydrogen (secondary N) is 1. The highest BCUT2D eigenvalue weighted by molar-refractivity contribution is 7.33. The van der Waals surface area contributed by atoms with Crippen molar-refractivity contribution in [1.29, 1.82) is 0 Å². The maximum atomic E-state index is 11.9. The Morgan fingerprint density at radius 2 is 1.55 bits per heavy atom. The van der Waals surface area contributed by atoms with Gasteiger partial charge in [-0.1, -0.05) is 32.6 Å². The van der Waals surface area contributed by atoms with Gasteiger partial charge in [0.25, 0.3) is 0 Å². The number of hydrogen-bond acceptors (Lipinski definition) is 4. The topological polar surface area (TPSA) is 64.6 Å². The molecule has 0 saturated heterocycles. The average molecular weight is 347 g/mol. The van der Waals surface area contributed by atoms with E-state index in [0.717, 1.165) is 25.7 Å². The molecule has 0 spiro atoms. The Labute approximate surface area is 129 Å². The van der Waals surface area contributed by atoms with Crippen molar-refractivity contribution in [2.75, 3.05) is 19.8 Å². The minimum absolute atomic E-state index is 0.0963. The van der Waals surface area contributed by atoms with Crippen molar-refractivity contribution in [2.45, 2.75) is 58.0 Å². The molecule has 1 atom stereocenters. The summed E-state index contributed by atoms with van der Waals surface area (Å²) in [6, 6.07) is 0. The van der Waals surface area contributed by atoms with Crippen LogP contribution in [0.15, 0.2) is 0 Å². The molecular weight excluding hydrogens is 322 g/mol. The van der Waals surface area contributed by atoms with Gasteiger partial charge in [-0.25, -0.2) is 0 Å². The van der Waals surface area contributed by atoms with Gasteiger partial charge >= 0.3 is 20.3 Å². The minimum atomic E-state index is -4.85. The smallest absolute Gasteiger partial charge is 0.348 e. The SMILES string of the molecule is CCCCCCCO[PH](=O)OCCCCNC(=O)C(F)(F)F. The zero-order valence-electron chi connectivity index (χ0n) is 12.8. The van der Waals surface area contributed by atoms with Crippen molar-refractivity contribution in [3.8, 4) is 0 Å². The summed E-state index contributed by atoms with van der Waals surface area (Å²) >= 11 is 0. The Kier molecular flexibility index (Phi) is 12.6. The van der Waals surface area contributed by atoms with E-state index in [9.17, 15) is 22.5 Å². The maximum Gasteiger partial charge on any atom is 0.471 e. The Bertz CT molecular complexity index is 327. The molecule has 0 aliphatic heterocycles. The van der Waals surface area contributed by atoms with Crippen molar-refractivity contribution in [3.05, 3.63) is 0 Å². The lowest BCUT2D eigenvalue weighted by Gasteiger charge is -2.08. The summed E-state index contributed by atoms with van der Waals surface area (Å²) < 4.78 is 56.8. The first-order valence-electron chi connectivity index (χ1n) is 7.52. The monoisotopic (exact) mass is 347 g/mol. The van der Waals surface area contributed by atoms with Crippen LogP contribution < -0.4 is 5.32 Å². The first-order chi connectivity index (χ1) is 10.4. The number of rotatable bonds is 13. The molecule has 0 aliphatic rings. The summed E-state index contributed by atoms with van der Waals surface area (Å²) in [5.74, 6) is -1.95. The van der Waals surface area contributed by atoms with Crippen LogP contribution in [-0.2, 0) is 18.4 Å². The first kappa shape index (κ1) is 21.4. The van der Waals surface area contributed by atoms with Crippen molar-refractivity contribution < 1.29 is 31.6 Å². The number of unbranched alkanes of at least 4 members (excludes halogenated alkanes) is 5. The zero-order valence-corrected chi connectivity index (χ0v) is 13.8. The third kappa shape index (κ3) is 13.1. The fraction of sp³-hybridized carbons (Fsp3) is 0.923. The van der Waals surface area contributed by atoms with Crippen LogP contribution in [0.2, 0.25) is 0 Å². The Hall–Kier alpha value is -0.590. The van der Waals surface area contributed by atoms with Gasteiger partial charge < -0.3 is 14.4 Å². The van der Waals surface area contributed by atoms with E-state index in [-0.39, 0.29) is 13.2 Å². The standard InChI is InChI=1S/C13H25F3NO4P/c1-2-3-4-5-7-10-20-22(19)21-11-8-6-9-17-12(18)13(14,15)16/h22H,2-11H2,1H3,(H,17,18). The summed E-state index contributed by atoms with van der Waals surface area (Å²) in [6.45, 7) is 2.55. The lowest BCUT2D eigenvalue weighted by atomic mass is 10.2. The third-order valence-corrected chi connectivity index (χ3v) is 3.68. The van der Waals surface area contributed by atoms with Gasteiger partial charge in [-0.05, 0) is 19.3 Å². The summed E-state index contributed by atoms with van der Waals surface area (Å²) in [6.07, 6.45) is 1.19.